The zero-order valence-corrected chi connectivity index (χ0v) is 16.0. The smallest absolute Gasteiger partial charge is 0.244 e. The van der Waals surface area contributed by atoms with E-state index in [1.165, 1.54) is 24.0 Å². The van der Waals surface area contributed by atoms with Gasteiger partial charge in [0.05, 0.1) is 19.3 Å². The summed E-state index contributed by atoms with van der Waals surface area (Å²) < 4.78 is 11.4. The van der Waals surface area contributed by atoms with Gasteiger partial charge in [0.1, 0.15) is 0 Å². The summed E-state index contributed by atoms with van der Waals surface area (Å²) in [4.78, 5) is 11.3. The molecule has 1 aromatic carbocycles. The van der Waals surface area contributed by atoms with Gasteiger partial charge in [0.2, 0.25) is 5.89 Å². The molecule has 3 heterocycles. The molecule has 1 aliphatic rings. The van der Waals surface area contributed by atoms with Crippen molar-refractivity contribution in [1.29, 1.82) is 0 Å². The predicted octanol–water partition coefficient (Wildman–Crippen LogP) is 3.95. The minimum atomic E-state index is 0.181. The van der Waals surface area contributed by atoms with Crippen LogP contribution in [-0.4, -0.2) is 33.2 Å². The van der Waals surface area contributed by atoms with Crippen LogP contribution in [0.5, 0.6) is 0 Å². The van der Waals surface area contributed by atoms with E-state index in [-0.39, 0.29) is 6.04 Å². The van der Waals surface area contributed by atoms with E-state index in [0.29, 0.717) is 19.6 Å². The number of rotatable bonds is 8. The van der Waals surface area contributed by atoms with Crippen LogP contribution in [0.2, 0.25) is 0 Å². The Hall–Kier alpha value is -2.57. The molecule has 1 unspecified atom stereocenters. The van der Waals surface area contributed by atoms with Crippen LogP contribution < -0.4 is 0 Å². The van der Waals surface area contributed by atoms with Crippen molar-refractivity contribution in [3.05, 3.63) is 77.7 Å². The number of likely N-dealkylation sites (tertiary alicyclic amines) is 1. The van der Waals surface area contributed by atoms with Crippen molar-refractivity contribution < 1.29 is 9.26 Å². The van der Waals surface area contributed by atoms with Crippen molar-refractivity contribution >= 4 is 0 Å². The topological polar surface area (TPSA) is 64.3 Å². The Morgan fingerprint density at radius 3 is 2.82 bits per heavy atom. The quantitative estimate of drug-likeness (QED) is 0.553. The summed E-state index contributed by atoms with van der Waals surface area (Å²) in [7, 11) is 0. The number of pyridine rings is 1. The Bertz CT molecular complexity index is 838. The maximum atomic E-state index is 5.74. The average molecular weight is 378 g/mol. The third-order valence-corrected chi connectivity index (χ3v) is 5.07. The van der Waals surface area contributed by atoms with Crippen LogP contribution in [0.1, 0.15) is 48.1 Å². The molecule has 0 aliphatic carbocycles. The largest absolute Gasteiger partial charge is 0.376 e. The average Bonchev–Trinajstić information content (AvgIpc) is 3.22. The highest BCUT2D eigenvalue weighted by Crippen LogP contribution is 2.31. The number of benzene rings is 1. The van der Waals surface area contributed by atoms with Gasteiger partial charge < -0.3 is 9.26 Å². The lowest BCUT2D eigenvalue weighted by atomic mass is 10.0. The number of ether oxygens (including phenoxy) is 1. The van der Waals surface area contributed by atoms with Crippen LogP contribution in [0.3, 0.4) is 0 Å². The number of aromatic nitrogens is 3. The standard InChI is InChI=1S/C22H26N4O2/c1-2-7-18(8-3-1)17-27-14-11-21-24-22(28-25-21)20-10-4-5-13-26(20)16-19-9-6-12-23-15-19/h1-3,6-9,12,15,20H,4-5,10-11,13-14,16-17H2. The fourth-order valence-electron chi connectivity index (χ4n) is 3.62. The molecule has 0 bridgehead atoms. The van der Waals surface area contributed by atoms with Crippen molar-refractivity contribution in [1.82, 2.24) is 20.0 Å². The molecule has 3 aromatic rings. The zero-order valence-electron chi connectivity index (χ0n) is 16.0. The van der Waals surface area contributed by atoms with Gasteiger partial charge in [-0.15, -0.1) is 0 Å². The predicted molar refractivity (Wildman–Crippen MR) is 105 cm³/mol. The van der Waals surface area contributed by atoms with Crippen LogP contribution in [0, 0.1) is 0 Å². The van der Waals surface area contributed by atoms with E-state index in [1.54, 1.807) is 6.20 Å². The second-order valence-corrected chi connectivity index (χ2v) is 7.18. The monoisotopic (exact) mass is 378 g/mol. The molecule has 1 fully saturated rings. The number of hydrogen-bond acceptors (Lipinski definition) is 6. The lowest BCUT2D eigenvalue weighted by Gasteiger charge is -2.33. The van der Waals surface area contributed by atoms with Gasteiger partial charge in [0, 0.05) is 25.4 Å². The van der Waals surface area contributed by atoms with E-state index in [2.05, 4.69) is 38.2 Å². The molecule has 4 rings (SSSR count). The fourth-order valence-corrected chi connectivity index (χ4v) is 3.62. The van der Waals surface area contributed by atoms with Crippen LogP contribution in [-0.2, 0) is 24.3 Å². The van der Waals surface area contributed by atoms with E-state index in [9.17, 15) is 0 Å². The van der Waals surface area contributed by atoms with Crippen molar-refractivity contribution in [2.45, 2.75) is 44.9 Å². The maximum absolute atomic E-state index is 5.74. The molecule has 0 saturated carbocycles. The fraction of sp³-hybridized carbons (Fsp3) is 0.409. The van der Waals surface area contributed by atoms with Crippen molar-refractivity contribution in [3.8, 4) is 0 Å². The van der Waals surface area contributed by atoms with Gasteiger partial charge in [-0.25, -0.2) is 0 Å². The summed E-state index contributed by atoms with van der Waals surface area (Å²) in [5.74, 6) is 1.44. The summed E-state index contributed by atoms with van der Waals surface area (Å²) in [5.41, 5.74) is 2.38. The van der Waals surface area contributed by atoms with Crippen LogP contribution in [0.4, 0.5) is 0 Å². The van der Waals surface area contributed by atoms with E-state index in [0.717, 1.165) is 31.2 Å². The van der Waals surface area contributed by atoms with E-state index < -0.39 is 0 Å². The minimum Gasteiger partial charge on any atom is -0.376 e. The molecule has 1 atom stereocenters. The molecule has 0 radical (unpaired) electrons. The second kappa shape index (κ2) is 9.57. The molecule has 0 N–H and O–H groups in total. The molecular weight excluding hydrogens is 352 g/mol. The highest BCUT2D eigenvalue weighted by atomic mass is 16.5. The third kappa shape index (κ3) is 5.03. The Balaban J connectivity index is 1.31. The molecule has 6 nitrogen and oxygen atoms in total. The van der Waals surface area contributed by atoms with Crippen LogP contribution in [0.25, 0.3) is 0 Å². The summed E-state index contributed by atoms with van der Waals surface area (Å²) in [6.07, 6.45) is 7.82. The van der Waals surface area contributed by atoms with Gasteiger partial charge >= 0.3 is 0 Å². The number of piperidine rings is 1. The minimum absolute atomic E-state index is 0.181. The van der Waals surface area contributed by atoms with Gasteiger partial charge in [-0.1, -0.05) is 48.0 Å². The second-order valence-electron chi connectivity index (χ2n) is 7.18. The Kier molecular flexibility index (Phi) is 6.42. The van der Waals surface area contributed by atoms with E-state index in [1.807, 2.05) is 30.5 Å². The highest BCUT2D eigenvalue weighted by Gasteiger charge is 2.28. The molecular formula is C22H26N4O2. The first-order valence-electron chi connectivity index (χ1n) is 9.95. The lowest BCUT2D eigenvalue weighted by Crippen LogP contribution is -2.33. The molecule has 146 valence electrons. The number of nitrogens with zero attached hydrogens (tertiary/aromatic N) is 4. The molecule has 6 heteroatoms. The van der Waals surface area contributed by atoms with Crippen LogP contribution >= 0.6 is 0 Å². The Morgan fingerprint density at radius 1 is 1.07 bits per heavy atom. The first-order valence-corrected chi connectivity index (χ1v) is 9.95. The van der Waals surface area contributed by atoms with Crippen LogP contribution in [0.15, 0.2) is 59.4 Å². The molecule has 28 heavy (non-hydrogen) atoms. The maximum Gasteiger partial charge on any atom is 0.244 e. The van der Waals surface area contributed by atoms with Gasteiger partial charge in [-0.2, -0.15) is 4.98 Å². The normalized spacial score (nSPS) is 17.6. The van der Waals surface area contributed by atoms with Gasteiger partial charge in [-0.3, -0.25) is 9.88 Å². The molecule has 2 aromatic heterocycles. The molecule has 1 aliphatic heterocycles. The zero-order chi connectivity index (χ0) is 19.0. The van der Waals surface area contributed by atoms with E-state index in [4.69, 9.17) is 9.26 Å². The van der Waals surface area contributed by atoms with Gasteiger partial charge in [0.15, 0.2) is 5.82 Å². The van der Waals surface area contributed by atoms with Crippen molar-refractivity contribution in [2.24, 2.45) is 0 Å². The summed E-state index contributed by atoms with van der Waals surface area (Å²) in [6.45, 7) is 3.08. The third-order valence-electron chi connectivity index (χ3n) is 5.07. The summed E-state index contributed by atoms with van der Waals surface area (Å²) in [6, 6.07) is 14.4. The number of hydrogen-bond donors (Lipinski definition) is 0. The lowest BCUT2D eigenvalue weighted by molar-refractivity contribution is 0.111. The Morgan fingerprint density at radius 2 is 1.96 bits per heavy atom. The van der Waals surface area contributed by atoms with E-state index >= 15 is 0 Å². The highest BCUT2D eigenvalue weighted by molar-refractivity contribution is 5.13. The SMILES string of the molecule is c1ccc(COCCc2noc(C3CCCCN3Cc3cccnc3)n2)cc1. The van der Waals surface area contributed by atoms with Crippen molar-refractivity contribution in [2.75, 3.05) is 13.2 Å². The first-order chi connectivity index (χ1) is 13.9. The van der Waals surface area contributed by atoms with Gasteiger partial charge in [-0.05, 0) is 36.6 Å². The first kappa shape index (κ1) is 18.8. The summed E-state index contributed by atoms with van der Waals surface area (Å²) in [5, 5.41) is 4.17. The van der Waals surface area contributed by atoms with Crippen molar-refractivity contribution in [3.63, 3.8) is 0 Å². The molecule has 0 spiro atoms. The summed E-state index contributed by atoms with van der Waals surface area (Å²) >= 11 is 0. The van der Waals surface area contributed by atoms with Gasteiger partial charge in [0.25, 0.3) is 0 Å². The molecule has 0 amide bonds. The Labute approximate surface area is 165 Å². The molecule has 1 saturated heterocycles.